The SMILES string of the molecule is Cc1nc2c3c(ccc2[nH]1)NC(c1c(O)c2cccnc2n(CCC(C)C)c1=O)=NS3(=O)=O. The van der Waals surface area contributed by atoms with Crippen molar-refractivity contribution in [1.82, 2.24) is 19.5 Å². The number of aromatic nitrogens is 4. The number of nitrogens with zero attached hydrogens (tertiary/aromatic N) is 4. The number of aryl methyl sites for hydroxylation is 2. The lowest BCUT2D eigenvalue weighted by atomic mass is 10.1. The van der Waals surface area contributed by atoms with Crippen LogP contribution in [-0.2, 0) is 16.6 Å². The minimum absolute atomic E-state index is 0.0739. The van der Waals surface area contributed by atoms with Gasteiger partial charge in [0, 0.05) is 12.7 Å². The summed E-state index contributed by atoms with van der Waals surface area (Å²) in [4.78, 5) is 25.0. The van der Waals surface area contributed by atoms with Crippen molar-refractivity contribution in [3.8, 4) is 5.75 Å². The van der Waals surface area contributed by atoms with Crippen LogP contribution in [0.4, 0.5) is 5.69 Å². The molecule has 1 aliphatic heterocycles. The molecular formula is C22H22N6O4S. The first-order valence-electron chi connectivity index (χ1n) is 10.5. The average Bonchev–Trinajstić information content (AvgIpc) is 3.12. The molecule has 0 aliphatic carbocycles. The molecule has 1 aromatic carbocycles. The van der Waals surface area contributed by atoms with Gasteiger partial charge in [0.2, 0.25) is 0 Å². The van der Waals surface area contributed by atoms with E-state index in [1.54, 1.807) is 37.4 Å². The van der Waals surface area contributed by atoms with Crippen LogP contribution in [0, 0.1) is 12.8 Å². The van der Waals surface area contributed by atoms with Gasteiger partial charge in [0.25, 0.3) is 15.6 Å². The Morgan fingerprint density at radius 2 is 2.00 bits per heavy atom. The second kappa shape index (κ2) is 7.41. The molecule has 0 atom stereocenters. The van der Waals surface area contributed by atoms with Gasteiger partial charge < -0.3 is 15.4 Å². The molecule has 10 nitrogen and oxygen atoms in total. The van der Waals surface area contributed by atoms with Gasteiger partial charge in [0.1, 0.15) is 33.2 Å². The summed E-state index contributed by atoms with van der Waals surface area (Å²) in [5.74, 6) is 0.285. The zero-order valence-corrected chi connectivity index (χ0v) is 19.1. The second-order valence-electron chi connectivity index (χ2n) is 8.44. The number of rotatable bonds is 4. The fraction of sp³-hybridized carbons (Fsp3) is 0.273. The van der Waals surface area contributed by atoms with Crippen LogP contribution in [-0.4, -0.2) is 38.9 Å². The van der Waals surface area contributed by atoms with Crippen molar-refractivity contribution in [2.45, 2.75) is 38.6 Å². The number of benzene rings is 1. The zero-order valence-electron chi connectivity index (χ0n) is 18.2. The van der Waals surface area contributed by atoms with E-state index < -0.39 is 15.6 Å². The Morgan fingerprint density at radius 3 is 2.76 bits per heavy atom. The highest BCUT2D eigenvalue weighted by Crippen LogP contribution is 2.35. The van der Waals surface area contributed by atoms with Gasteiger partial charge in [-0.2, -0.15) is 8.42 Å². The third-order valence-corrected chi connectivity index (χ3v) is 6.96. The fourth-order valence-corrected chi connectivity index (χ4v) is 5.30. The first-order chi connectivity index (χ1) is 15.7. The molecule has 11 heteroatoms. The Bertz CT molecular complexity index is 1630. The van der Waals surface area contributed by atoms with E-state index in [1.807, 2.05) is 13.8 Å². The van der Waals surface area contributed by atoms with Crippen LogP contribution in [0.1, 0.15) is 31.7 Å². The molecule has 0 amide bonds. The van der Waals surface area contributed by atoms with Crippen LogP contribution < -0.4 is 10.9 Å². The topological polar surface area (TPSA) is 142 Å². The molecule has 0 bridgehead atoms. The van der Waals surface area contributed by atoms with Crippen LogP contribution in [0.5, 0.6) is 5.75 Å². The summed E-state index contributed by atoms with van der Waals surface area (Å²) in [5.41, 5.74) is 0.607. The molecule has 0 fully saturated rings. The summed E-state index contributed by atoms with van der Waals surface area (Å²) >= 11 is 0. The maximum absolute atomic E-state index is 13.5. The molecule has 3 N–H and O–H groups in total. The molecule has 0 unspecified atom stereocenters. The van der Waals surface area contributed by atoms with E-state index in [2.05, 4.69) is 24.7 Å². The minimum Gasteiger partial charge on any atom is -0.506 e. The maximum atomic E-state index is 13.5. The predicted molar refractivity (Wildman–Crippen MR) is 125 cm³/mol. The van der Waals surface area contributed by atoms with Crippen LogP contribution in [0.3, 0.4) is 0 Å². The van der Waals surface area contributed by atoms with Gasteiger partial charge in [0.05, 0.1) is 16.6 Å². The van der Waals surface area contributed by atoms with Crippen molar-refractivity contribution >= 4 is 43.6 Å². The van der Waals surface area contributed by atoms with Crippen molar-refractivity contribution < 1.29 is 13.5 Å². The van der Waals surface area contributed by atoms with E-state index in [0.717, 1.165) is 0 Å². The van der Waals surface area contributed by atoms with Gasteiger partial charge in [-0.1, -0.05) is 13.8 Å². The number of imidazole rings is 1. The van der Waals surface area contributed by atoms with Crippen molar-refractivity contribution in [3.05, 3.63) is 52.2 Å². The van der Waals surface area contributed by atoms with E-state index in [9.17, 15) is 18.3 Å². The number of aromatic hydroxyl groups is 1. The number of amidine groups is 1. The summed E-state index contributed by atoms with van der Waals surface area (Å²) in [6.45, 7) is 6.16. The van der Waals surface area contributed by atoms with Crippen molar-refractivity contribution in [2.75, 3.05) is 5.32 Å². The van der Waals surface area contributed by atoms with Crippen LogP contribution in [0.15, 0.2) is 44.6 Å². The Labute approximate surface area is 189 Å². The molecule has 5 rings (SSSR count). The van der Waals surface area contributed by atoms with Gasteiger partial charge in [-0.3, -0.25) is 9.36 Å². The van der Waals surface area contributed by atoms with Gasteiger partial charge >= 0.3 is 0 Å². The summed E-state index contributed by atoms with van der Waals surface area (Å²) in [7, 11) is -4.21. The van der Waals surface area contributed by atoms with Gasteiger partial charge in [-0.15, -0.1) is 4.40 Å². The number of anilines is 1. The largest absolute Gasteiger partial charge is 0.506 e. The molecule has 3 aromatic heterocycles. The number of pyridine rings is 2. The van der Waals surface area contributed by atoms with E-state index in [0.29, 0.717) is 41.3 Å². The number of fused-ring (bicyclic) bond motifs is 4. The second-order valence-corrected chi connectivity index (χ2v) is 9.98. The first-order valence-corrected chi connectivity index (χ1v) is 11.9. The smallest absolute Gasteiger partial charge is 0.288 e. The molecule has 0 saturated carbocycles. The maximum Gasteiger partial charge on any atom is 0.288 e. The number of aromatic amines is 1. The minimum atomic E-state index is -4.21. The standard InChI is InChI=1S/C22H22N6O4S/c1-11(2)8-10-28-21-13(5-4-9-23-21)18(29)16(22(28)30)20-26-15-7-6-14-17(25-12(3)24-14)19(15)33(31,32)27-20/h4-7,9,11,29H,8,10H2,1-3H3,(H,24,25)(H,26,27). The number of H-pyrrole nitrogens is 1. The third kappa shape index (κ3) is 3.35. The summed E-state index contributed by atoms with van der Waals surface area (Å²) < 4.78 is 31.7. The molecule has 1 aliphatic rings. The third-order valence-electron chi connectivity index (χ3n) is 5.61. The number of hydrogen-bond donors (Lipinski definition) is 3. The van der Waals surface area contributed by atoms with Crippen LogP contribution >= 0.6 is 0 Å². The molecule has 0 saturated heterocycles. The number of hydrogen-bond acceptors (Lipinski definition) is 7. The summed E-state index contributed by atoms with van der Waals surface area (Å²) in [5, 5.41) is 14.3. The molecular weight excluding hydrogens is 444 g/mol. The molecule has 170 valence electrons. The van der Waals surface area contributed by atoms with Crippen molar-refractivity contribution in [1.29, 1.82) is 0 Å². The number of sulfonamides is 1. The zero-order chi connectivity index (χ0) is 23.5. The van der Waals surface area contributed by atoms with Crippen molar-refractivity contribution in [2.24, 2.45) is 10.3 Å². The molecule has 4 heterocycles. The van der Waals surface area contributed by atoms with Crippen LogP contribution in [0.25, 0.3) is 22.1 Å². The van der Waals surface area contributed by atoms with Crippen LogP contribution in [0.2, 0.25) is 0 Å². The van der Waals surface area contributed by atoms with Gasteiger partial charge in [-0.25, -0.2) is 9.97 Å². The van der Waals surface area contributed by atoms with Gasteiger partial charge in [0.15, 0.2) is 5.84 Å². The average molecular weight is 467 g/mol. The quantitative estimate of drug-likeness (QED) is 0.420. The lowest BCUT2D eigenvalue weighted by Gasteiger charge is -2.20. The van der Waals surface area contributed by atoms with E-state index >= 15 is 0 Å². The Hall–Kier alpha value is -3.73. The molecule has 0 spiro atoms. The number of nitrogens with one attached hydrogen (secondary N) is 2. The van der Waals surface area contributed by atoms with E-state index in [-0.39, 0.29) is 33.2 Å². The highest BCUT2D eigenvalue weighted by atomic mass is 32.2. The molecule has 4 aromatic rings. The Morgan fingerprint density at radius 1 is 1.21 bits per heavy atom. The highest BCUT2D eigenvalue weighted by Gasteiger charge is 2.32. The first kappa shape index (κ1) is 21.1. The predicted octanol–water partition coefficient (Wildman–Crippen LogP) is 2.89. The summed E-state index contributed by atoms with van der Waals surface area (Å²) in [6, 6.07) is 6.55. The normalized spacial score (nSPS) is 15.0. The molecule has 0 radical (unpaired) electrons. The highest BCUT2D eigenvalue weighted by molar-refractivity contribution is 7.90. The fourth-order valence-electron chi connectivity index (χ4n) is 4.03. The monoisotopic (exact) mass is 466 g/mol. The Kier molecular flexibility index (Phi) is 4.74. The summed E-state index contributed by atoms with van der Waals surface area (Å²) in [6.07, 6.45) is 2.24. The van der Waals surface area contributed by atoms with E-state index in [4.69, 9.17) is 0 Å². The Balaban J connectivity index is 1.75. The van der Waals surface area contributed by atoms with Gasteiger partial charge in [-0.05, 0) is 43.5 Å². The lowest BCUT2D eigenvalue weighted by Crippen LogP contribution is -2.33. The van der Waals surface area contributed by atoms with E-state index in [1.165, 1.54) is 4.57 Å². The lowest BCUT2D eigenvalue weighted by molar-refractivity contribution is 0.473. The van der Waals surface area contributed by atoms with Crippen molar-refractivity contribution in [3.63, 3.8) is 0 Å². The molecule has 33 heavy (non-hydrogen) atoms.